The number of carbonyl (C=O) groups excluding carboxylic acids is 1. The van der Waals surface area contributed by atoms with E-state index in [0.29, 0.717) is 12.1 Å². The molecule has 0 bridgehead atoms. The number of carboxylic acids is 1. The van der Waals surface area contributed by atoms with Crippen LogP contribution in [-0.2, 0) is 4.79 Å². The third-order valence-electron chi connectivity index (χ3n) is 3.02. The predicted molar refractivity (Wildman–Crippen MR) is 76.9 cm³/mol. The first-order valence-electron chi connectivity index (χ1n) is 5.95. The maximum absolute atomic E-state index is 12.0. The highest BCUT2D eigenvalue weighted by atomic mass is 79.9. The lowest BCUT2D eigenvalue weighted by Gasteiger charge is -2.20. The number of carboxylic acid groups (broad SMARTS) is 1. The van der Waals surface area contributed by atoms with E-state index in [1.54, 1.807) is 25.1 Å². The number of nitrogens with two attached hydrogens (primary N) is 1. The van der Waals surface area contributed by atoms with Crippen molar-refractivity contribution in [3.63, 3.8) is 0 Å². The molecule has 1 rings (SSSR count). The first-order chi connectivity index (χ1) is 8.86. The molecule has 0 aromatic heterocycles. The van der Waals surface area contributed by atoms with Gasteiger partial charge in [-0.25, -0.2) is 4.79 Å². The van der Waals surface area contributed by atoms with Gasteiger partial charge in [0.05, 0.1) is 5.56 Å². The molecule has 5 nitrogen and oxygen atoms in total. The van der Waals surface area contributed by atoms with Gasteiger partial charge in [-0.1, -0.05) is 36.2 Å². The fraction of sp³-hybridized carbons (Fsp3) is 0.385. The monoisotopic (exact) mass is 328 g/mol. The Bertz CT molecular complexity index is 491. The smallest absolute Gasteiger partial charge is 0.326 e. The molecule has 1 aromatic rings. The number of amides is 1. The second kappa shape index (κ2) is 6.56. The van der Waals surface area contributed by atoms with E-state index in [9.17, 15) is 9.59 Å². The van der Waals surface area contributed by atoms with Gasteiger partial charge in [0, 0.05) is 10.2 Å². The number of nitrogens with one attached hydrogen (secondary N) is 1. The molecule has 0 fully saturated rings. The van der Waals surface area contributed by atoms with Crippen LogP contribution in [0.2, 0.25) is 0 Å². The molecule has 104 valence electrons. The van der Waals surface area contributed by atoms with Crippen molar-refractivity contribution in [2.45, 2.75) is 26.3 Å². The fourth-order valence-corrected chi connectivity index (χ4v) is 2.02. The standard InChI is InChI=1S/C13H17BrN2O3/c1-3-7(2)11(13(18)19)16-12(17)9-5-4-8(14)6-10(9)15/h4-7,11H,3,15H2,1-2H3,(H,16,17)(H,18,19)/t7?,11-/m0/s1. The van der Waals surface area contributed by atoms with Gasteiger partial charge in [-0.2, -0.15) is 0 Å². The summed E-state index contributed by atoms with van der Waals surface area (Å²) in [6.45, 7) is 3.66. The van der Waals surface area contributed by atoms with E-state index >= 15 is 0 Å². The molecule has 0 radical (unpaired) electrons. The molecule has 4 N–H and O–H groups in total. The molecule has 1 amide bonds. The van der Waals surface area contributed by atoms with E-state index in [4.69, 9.17) is 10.8 Å². The van der Waals surface area contributed by atoms with Gasteiger partial charge in [0.1, 0.15) is 6.04 Å². The average Bonchev–Trinajstić information content (AvgIpc) is 2.34. The molecule has 0 aliphatic carbocycles. The fourth-order valence-electron chi connectivity index (χ4n) is 1.64. The Morgan fingerprint density at radius 3 is 2.58 bits per heavy atom. The summed E-state index contributed by atoms with van der Waals surface area (Å²) in [5, 5.41) is 11.6. The van der Waals surface area contributed by atoms with Crippen molar-refractivity contribution < 1.29 is 14.7 Å². The van der Waals surface area contributed by atoms with Crippen LogP contribution < -0.4 is 11.1 Å². The molecule has 0 aliphatic heterocycles. The van der Waals surface area contributed by atoms with Crippen molar-refractivity contribution >= 4 is 33.5 Å². The number of hydrogen-bond acceptors (Lipinski definition) is 3. The van der Waals surface area contributed by atoms with Crippen LogP contribution in [0.5, 0.6) is 0 Å². The van der Waals surface area contributed by atoms with Crippen molar-refractivity contribution in [2.24, 2.45) is 5.92 Å². The predicted octanol–water partition coefficient (Wildman–Crippen LogP) is 2.26. The molecule has 0 spiro atoms. The zero-order valence-corrected chi connectivity index (χ0v) is 12.4. The Hall–Kier alpha value is -1.56. The van der Waals surface area contributed by atoms with Crippen LogP contribution in [0.3, 0.4) is 0 Å². The number of benzene rings is 1. The van der Waals surface area contributed by atoms with E-state index in [2.05, 4.69) is 21.2 Å². The van der Waals surface area contributed by atoms with E-state index in [1.807, 2.05) is 6.92 Å². The molecule has 19 heavy (non-hydrogen) atoms. The van der Waals surface area contributed by atoms with Crippen LogP contribution in [0.4, 0.5) is 5.69 Å². The van der Waals surface area contributed by atoms with E-state index in [0.717, 1.165) is 4.47 Å². The highest BCUT2D eigenvalue weighted by molar-refractivity contribution is 9.10. The third-order valence-corrected chi connectivity index (χ3v) is 3.52. The quantitative estimate of drug-likeness (QED) is 0.723. The van der Waals surface area contributed by atoms with Crippen LogP contribution in [0.15, 0.2) is 22.7 Å². The number of anilines is 1. The van der Waals surface area contributed by atoms with Crippen molar-refractivity contribution in [3.8, 4) is 0 Å². The first kappa shape index (κ1) is 15.5. The lowest BCUT2D eigenvalue weighted by molar-refractivity contribution is -0.140. The number of carbonyl (C=O) groups is 2. The molecular formula is C13H17BrN2O3. The molecule has 0 heterocycles. The number of aliphatic carboxylic acids is 1. The van der Waals surface area contributed by atoms with Crippen LogP contribution >= 0.6 is 15.9 Å². The SMILES string of the molecule is CCC(C)[C@H](NC(=O)c1ccc(Br)cc1N)C(=O)O. The van der Waals surface area contributed by atoms with Crippen LogP contribution in [-0.4, -0.2) is 23.0 Å². The maximum Gasteiger partial charge on any atom is 0.326 e. The van der Waals surface area contributed by atoms with Gasteiger partial charge in [-0.15, -0.1) is 0 Å². The van der Waals surface area contributed by atoms with E-state index in [-0.39, 0.29) is 11.5 Å². The molecule has 2 atom stereocenters. The average molecular weight is 329 g/mol. The third kappa shape index (κ3) is 3.96. The zero-order valence-electron chi connectivity index (χ0n) is 10.8. The normalized spacial score (nSPS) is 13.6. The molecule has 1 aromatic carbocycles. The van der Waals surface area contributed by atoms with Crippen molar-refractivity contribution in [1.82, 2.24) is 5.32 Å². The molecule has 0 saturated heterocycles. The lowest BCUT2D eigenvalue weighted by Crippen LogP contribution is -2.45. The zero-order chi connectivity index (χ0) is 14.6. The highest BCUT2D eigenvalue weighted by Crippen LogP contribution is 2.19. The van der Waals surface area contributed by atoms with Gasteiger partial charge < -0.3 is 16.2 Å². The summed E-state index contributed by atoms with van der Waals surface area (Å²) in [5.41, 5.74) is 6.33. The van der Waals surface area contributed by atoms with Crippen molar-refractivity contribution in [1.29, 1.82) is 0 Å². The maximum atomic E-state index is 12.0. The highest BCUT2D eigenvalue weighted by Gasteiger charge is 2.26. The molecular weight excluding hydrogens is 312 g/mol. The van der Waals surface area contributed by atoms with Gasteiger partial charge in [-0.05, 0) is 24.1 Å². The van der Waals surface area contributed by atoms with Crippen LogP contribution in [0.1, 0.15) is 30.6 Å². The second-order valence-electron chi connectivity index (χ2n) is 4.41. The molecule has 6 heteroatoms. The largest absolute Gasteiger partial charge is 0.480 e. The summed E-state index contributed by atoms with van der Waals surface area (Å²) in [4.78, 5) is 23.2. The summed E-state index contributed by atoms with van der Waals surface area (Å²) in [6.07, 6.45) is 0.660. The van der Waals surface area contributed by atoms with Crippen LogP contribution in [0, 0.1) is 5.92 Å². The Morgan fingerprint density at radius 1 is 1.47 bits per heavy atom. The van der Waals surface area contributed by atoms with Gasteiger partial charge in [0.15, 0.2) is 0 Å². The van der Waals surface area contributed by atoms with Gasteiger partial charge in [-0.3, -0.25) is 4.79 Å². The minimum Gasteiger partial charge on any atom is -0.480 e. The molecule has 0 aliphatic rings. The van der Waals surface area contributed by atoms with Crippen molar-refractivity contribution in [2.75, 3.05) is 5.73 Å². The molecule has 1 unspecified atom stereocenters. The van der Waals surface area contributed by atoms with Crippen molar-refractivity contribution in [3.05, 3.63) is 28.2 Å². The molecule has 0 saturated carbocycles. The topological polar surface area (TPSA) is 92.4 Å². The first-order valence-corrected chi connectivity index (χ1v) is 6.74. The van der Waals surface area contributed by atoms with E-state index in [1.165, 1.54) is 0 Å². The summed E-state index contributed by atoms with van der Waals surface area (Å²) in [5.74, 6) is -1.67. The number of rotatable bonds is 5. The summed E-state index contributed by atoms with van der Waals surface area (Å²) < 4.78 is 0.762. The Morgan fingerprint density at radius 2 is 2.11 bits per heavy atom. The minimum atomic E-state index is -1.04. The number of nitrogen functional groups attached to an aromatic ring is 1. The second-order valence-corrected chi connectivity index (χ2v) is 5.32. The Labute approximate surface area is 120 Å². The Kier molecular flexibility index (Phi) is 5.35. The van der Waals surface area contributed by atoms with Gasteiger partial charge in [0.25, 0.3) is 5.91 Å². The lowest BCUT2D eigenvalue weighted by atomic mass is 9.99. The van der Waals surface area contributed by atoms with Crippen LogP contribution in [0.25, 0.3) is 0 Å². The van der Waals surface area contributed by atoms with Gasteiger partial charge >= 0.3 is 5.97 Å². The summed E-state index contributed by atoms with van der Waals surface area (Å²) >= 11 is 3.25. The summed E-state index contributed by atoms with van der Waals surface area (Å²) in [7, 11) is 0. The number of halogens is 1. The van der Waals surface area contributed by atoms with E-state index < -0.39 is 17.9 Å². The number of hydrogen-bond donors (Lipinski definition) is 3. The minimum absolute atomic E-state index is 0.155. The summed E-state index contributed by atoms with van der Waals surface area (Å²) in [6, 6.07) is 3.93. The Balaban J connectivity index is 2.91. The van der Waals surface area contributed by atoms with Gasteiger partial charge in [0.2, 0.25) is 0 Å².